The molecule has 1 aliphatic heterocycles. The molecule has 7 heteroatoms. The van der Waals surface area contributed by atoms with Gasteiger partial charge in [-0.1, -0.05) is 53.4 Å². The van der Waals surface area contributed by atoms with Crippen LogP contribution in [0.4, 0.5) is 8.78 Å². The van der Waals surface area contributed by atoms with Crippen LogP contribution < -0.4 is 0 Å². The number of unbranched alkanes of at least 4 members (excludes halogenated alkanes) is 4. The number of halogens is 2. The number of alkyl halides is 2. The summed E-state index contributed by atoms with van der Waals surface area (Å²) in [6, 6.07) is 0. The van der Waals surface area contributed by atoms with Crippen molar-refractivity contribution in [3.63, 3.8) is 0 Å². The fraction of sp³-hybridized carbons (Fsp3) is 1.00. The van der Waals surface area contributed by atoms with Gasteiger partial charge in [-0.05, 0) is 32.6 Å². The van der Waals surface area contributed by atoms with Gasteiger partial charge in [-0.15, -0.1) is 0 Å². The lowest BCUT2D eigenvalue weighted by Gasteiger charge is -2.44. The van der Waals surface area contributed by atoms with E-state index in [1.807, 2.05) is 6.92 Å². The van der Waals surface area contributed by atoms with Crippen LogP contribution in [0.5, 0.6) is 0 Å². The lowest BCUT2D eigenvalue weighted by atomic mass is 9.92. The predicted octanol–water partition coefficient (Wildman–Crippen LogP) is 6.17. The number of rotatable bonds is 19. The van der Waals surface area contributed by atoms with Crippen molar-refractivity contribution in [3.8, 4) is 0 Å². The Morgan fingerprint density at radius 1 is 0.844 bits per heavy atom. The van der Waals surface area contributed by atoms with Crippen molar-refractivity contribution in [3.05, 3.63) is 0 Å². The minimum Gasteiger partial charge on any atom is -0.379 e. The van der Waals surface area contributed by atoms with Crippen LogP contribution in [0.1, 0.15) is 92.4 Å². The van der Waals surface area contributed by atoms with Gasteiger partial charge in [0, 0.05) is 32.8 Å². The van der Waals surface area contributed by atoms with E-state index in [2.05, 4.69) is 20.8 Å². The SMILES string of the molecule is CCCCOC[C@H]1O[C@@H](C(F)(F)C(C)OCCCC)C[C@@H](OCCCC)[C@H]1OCCCC. The first kappa shape index (κ1) is 29.7. The maximum atomic E-state index is 15.4. The summed E-state index contributed by atoms with van der Waals surface area (Å²) in [7, 11) is 0. The average Bonchev–Trinajstić information content (AvgIpc) is 2.78. The van der Waals surface area contributed by atoms with Crippen molar-refractivity contribution in [2.45, 2.75) is 129 Å². The monoisotopic (exact) mass is 466 g/mol. The number of hydrogen-bond acceptors (Lipinski definition) is 5. The average molecular weight is 467 g/mol. The summed E-state index contributed by atoms with van der Waals surface area (Å²) < 4.78 is 60.2. The highest BCUT2D eigenvalue weighted by molar-refractivity contribution is 4.95. The van der Waals surface area contributed by atoms with Crippen molar-refractivity contribution in [2.75, 3.05) is 33.0 Å². The van der Waals surface area contributed by atoms with Crippen molar-refractivity contribution < 1.29 is 32.5 Å². The summed E-state index contributed by atoms with van der Waals surface area (Å²) in [5, 5.41) is 0. The van der Waals surface area contributed by atoms with Gasteiger partial charge >= 0.3 is 0 Å². The third kappa shape index (κ3) is 10.3. The van der Waals surface area contributed by atoms with Crippen molar-refractivity contribution in [2.24, 2.45) is 0 Å². The third-order valence-corrected chi connectivity index (χ3v) is 5.92. The van der Waals surface area contributed by atoms with Crippen LogP contribution in [0, 0.1) is 0 Å². The minimum atomic E-state index is -3.13. The van der Waals surface area contributed by atoms with Crippen LogP contribution in [0.25, 0.3) is 0 Å². The van der Waals surface area contributed by atoms with Gasteiger partial charge in [0.2, 0.25) is 0 Å². The zero-order valence-corrected chi connectivity index (χ0v) is 21.1. The first-order chi connectivity index (χ1) is 15.4. The van der Waals surface area contributed by atoms with E-state index >= 15 is 8.78 Å². The maximum absolute atomic E-state index is 15.4. The van der Waals surface area contributed by atoms with E-state index < -0.39 is 36.4 Å². The molecule has 5 atom stereocenters. The normalized spacial score (nSPS) is 25.2. The van der Waals surface area contributed by atoms with E-state index in [9.17, 15) is 0 Å². The second-order valence-corrected chi connectivity index (χ2v) is 8.82. The smallest absolute Gasteiger partial charge is 0.299 e. The molecule has 0 saturated carbocycles. The van der Waals surface area contributed by atoms with Crippen LogP contribution in [0.2, 0.25) is 0 Å². The minimum absolute atomic E-state index is 0.0838. The van der Waals surface area contributed by atoms with E-state index in [-0.39, 0.29) is 13.0 Å². The molecule has 1 rings (SSSR count). The van der Waals surface area contributed by atoms with Crippen LogP contribution in [-0.4, -0.2) is 69.5 Å². The molecular formula is C25H48F2O5. The molecule has 0 aromatic carbocycles. The molecule has 0 aromatic heterocycles. The first-order valence-corrected chi connectivity index (χ1v) is 12.9. The van der Waals surface area contributed by atoms with Gasteiger partial charge in [0.25, 0.3) is 5.92 Å². The Morgan fingerprint density at radius 2 is 1.41 bits per heavy atom. The zero-order chi connectivity index (χ0) is 23.8. The first-order valence-electron chi connectivity index (χ1n) is 12.9. The molecule has 1 fully saturated rings. The predicted molar refractivity (Wildman–Crippen MR) is 124 cm³/mol. The number of ether oxygens (including phenoxy) is 5. The molecule has 1 unspecified atom stereocenters. The van der Waals surface area contributed by atoms with Gasteiger partial charge in [-0.25, -0.2) is 8.78 Å². The maximum Gasteiger partial charge on any atom is 0.299 e. The van der Waals surface area contributed by atoms with Gasteiger partial charge in [-0.3, -0.25) is 0 Å². The summed E-state index contributed by atoms with van der Waals surface area (Å²) in [4.78, 5) is 0. The molecular weight excluding hydrogens is 418 g/mol. The van der Waals surface area contributed by atoms with Crippen LogP contribution >= 0.6 is 0 Å². The highest BCUT2D eigenvalue weighted by Gasteiger charge is 2.53. The second-order valence-electron chi connectivity index (χ2n) is 8.82. The van der Waals surface area contributed by atoms with Crippen molar-refractivity contribution >= 4 is 0 Å². The highest BCUT2D eigenvalue weighted by atomic mass is 19.3. The Morgan fingerprint density at radius 3 is 2.03 bits per heavy atom. The third-order valence-electron chi connectivity index (χ3n) is 5.92. The summed E-state index contributed by atoms with van der Waals surface area (Å²) in [5.74, 6) is -3.13. The standard InChI is InChI=1S/C25H48F2O5/c1-6-10-14-28-19-22-24(31-17-13-9-4)21(30-16-12-8-3)18-23(32-22)25(26,27)20(5)29-15-11-7-2/h20-24H,6-19H2,1-5H3/t20?,21-,22-,23-,24-/m1/s1. The van der Waals surface area contributed by atoms with E-state index in [0.717, 1.165) is 51.4 Å². The molecule has 0 radical (unpaired) electrons. The summed E-state index contributed by atoms with van der Waals surface area (Å²) in [5.41, 5.74) is 0. The Hall–Kier alpha value is -0.340. The largest absolute Gasteiger partial charge is 0.379 e. The molecule has 5 nitrogen and oxygen atoms in total. The van der Waals surface area contributed by atoms with Crippen LogP contribution in [-0.2, 0) is 23.7 Å². The van der Waals surface area contributed by atoms with Crippen LogP contribution in [0.3, 0.4) is 0 Å². The molecule has 32 heavy (non-hydrogen) atoms. The summed E-state index contributed by atoms with van der Waals surface area (Å²) in [6.07, 6.45) is 3.47. The van der Waals surface area contributed by atoms with E-state index in [1.165, 1.54) is 6.92 Å². The molecule has 0 amide bonds. The summed E-state index contributed by atoms with van der Waals surface area (Å²) >= 11 is 0. The Kier molecular flexibility index (Phi) is 15.9. The zero-order valence-electron chi connectivity index (χ0n) is 21.1. The fourth-order valence-corrected chi connectivity index (χ4v) is 3.65. The molecule has 1 heterocycles. The Bertz CT molecular complexity index is 452. The fourth-order valence-electron chi connectivity index (χ4n) is 3.65. The van der Waals surface area contributed by atoms with E-state index in [0.29, 0.717) is 26.4 Å². The lowest BCUT2D eigenvalue weighted by Crippen LogP contribution is -2.59. The quantitative estimate of drug-likeness (QED) is 0.213. The van der Waals surface area contributed by atoms with Gasteiger partial charge < -0.3 is 23.7 Å². The second kappa shape index (κ2) is 17.1. The molecule has 0 aromatic rings. The summed E-state index contributed by atoms with van der Waals surface area (Å²) in [6.45, 7) is 11.9. The van der Waals surface area contributed by atoms with Gasteiger partial charge in [-0.2, -0.15) is 0 Å². The number of hydrogen-bond donors (Lipinski definition) is 0. The van der Waals surface area contributed by atoms with E-state index in [4.69, 9.17) is 23.7 Å². The molecule has 192 valence electrons. The molecule has 0 bridgehead atoms. The van der Waals surface area contributed by atoms with Crippen molar-refractivity contribution in [1.82, 2.24) is 0 Å². The van der Waals surface area contributed by atoms with Crippen molar-refractivity contribution in [1.29, 1.82) is 0 Å². The molecule has 0 N–H and O–H groups in total. The van der Waals surface area contributed by atoms with Gasteiger partial charge in [0.15, 0.2) is 0 Å². The molecule has 0 aliphatic carbocycles. The van der Waals surface area contributed by atoms with Gasteiger partial charge in [0.1, 0.15) is 24.4 Å². The van der Waals surface area contributed by atoms with Gasteiger partial charge in [0.05, 0.1) is 12.7 Å². The topological polar surface area (TPSA) is 46.2 Å². The highest BCUT2D eigenvalue weighted by Crippen LogP contribution is 2.37. The lowest BCUT2D eigenvalue weighted by molar-refractivity contribution is -0.278. The molecule has 1 aliphatic rings. The Labute approximate surface area is 194 Å². The molecule has 1 saturated heterocycles. The van der Waals surface area contributed by atoms with E-state index in [1.54, 1.807) is 0 Å². The molecule has 0 spiro atoms. The van der Waals surface area contributed by atoms with Crippen LogP contribution in [0.15, 0.2) is 0 Å². The Balaban J connectivity index is 2.96.